The van der Waals surface area contributed by atoms with Crippen LogP contribution in [0, 0.1) is 13.8 Å². The zero-order chi connectivity index (χ0) is 19.9. The number of sulfonamides is 1. The van der Waals surface area contributed by atoms with Gasteiger partial charge in [-0.05, 0) is 55.8 Å². The van der Waals surface area contributed by atoms with Crippen molar-refractivity contribution < 1.29 is 8.42 Å². The highest BCUT2D eigenvalue weighted by molar-refractivity contribution is 7.92. The van der Waals surface area contributed by atoms with Gasteiger partial charge in [0.1, 0.15) is 0 Å². The second kappa shape index (κ2) is 6.88. The highest BCUT2D eigenvalue weighted by Crippen LogP contribution is 2.25. The Morgan fingerprint density at radius 3 is 2.64 bits per heavy atom. The number of hydrogen-bond donors (Lipinski definition) is 1. The van der Waals surface area contributed by atoms with Crippen LogP contribution in [0.2, 0.25) is 5.02 Å². The number of anilines is 1. The van der Waals surface area contributed by atoms with Crippen molar-refractivity contribution in [3.8, 4) is 11.3 Å². The molecule has 0 radical (unpaired) electrons. The quantitative estimate of drug-likeness (QED) is 0.548. The smallest absolute Gasteiger partial charge is 0.262 e. The Balaban J connectivity index is 1.70. The van der Waals surface area contributed by atoms with Crippen molar-refractivity contribution in [3.63, 3.8) is 0 Å². The molecule has 0 amide bonds. The van der Waals surface area contributed by atoms with E-state index in [2.05, 4.69) is 20.0 Å². The van der Waals surface area contributed by atoms with E-state index < -0.39 is 10.0 Å². The van der Waals surface area contributed by atoms with Crippen molar-refractivity contribution in [1.82, 2.24) is 19.8 Å². The lowest BCUT2D eigenvalue weighted by Gasteiger charge is -2.12. The summed E-state index contributed by atoms with van der Waals surface area (Å²) in [5.41, 5.74) is 3.13. The number of rotatable bonds is 4. The first-order valence-corrected chi connectivity index (χ1v) is 10.3. The number of nitrogens with one attached hydrogen (secondary N) is 1. The Bertz CT molecular complexity index is 1300. The van der Waals surface area contributed by atoms with Crippen LogP contribution in [0.1, 0.15) is 11.4 Å². The molecular formula is C19H16ClN5O2S. The summed E-state index contributed by atoms with van der Waals surface area (Å²) in [4.78, 5) is 0.144. The lowest BCUT2D eigenvalue weighted by molar-refractivity contribution is 0.600. The van der Waals surface area contributed by atoms with Crippen LogP contribution in [0.15, 0.2) is 59.5 Å². The largest absolute Gasteiger partial charge is 0.280 e. The summed E-state index contributed by atoms with van der Waals surface area (Å²) < 4.78 is 29.9. The molecule has 0 atom stereocenters. The molecule has 2 aromatic heterocycles. The molecule has 0 aliphatic rings. The number of fused-ring (bicyclic) bond motifs is 1. The number of hydrogen-bond acceptors (Lipinski definition) is 5. The van der Waals surface area contributed by atoms with E-state index in [0.717, 1.165) is 5.56 Å². The van der Waals surface area contributed by atoms with Gasteiger partial charge < -0.3 is 0 Å². The zero-order valence-corrected chi connectivity index (χ0v) is 16.7. The first-order valence-electron chi connectivity index (χ1n) is 8.42. The average Bonchev–Trinajstić information content (AvgIpc) is 3.04. The monoisotopic (exact) mass is 413 g/mol. The number of halogens is 1. The first kappa shape index (κ1) is 18.4. The van der Waals surface area contributed by atoms with E-state index in [4.69, 9.17) is 11.6 Å². The molecule has 0 aliphatic carbocycles. The third-order valence-corrected chi connectivity index (χ3v) is 6.03. The Labute approximate surface area is 167 Å². The molecule has 9 heteroatoms. The summed E-state index contributed by atoms with van der Waals surface area (Å²) in [7, 11) is -3.78. The molecule has 0 unspecified atom stereocenters. The lowest BCUT2D eigenvalue weighted by Crippen LogP contribution is -2.14. The van der Waals surface area contributed by atoms with E-state index in [0.29, 0.717) is 33.4 Å². The van der Waals surface area contributed by atoms with Gasteiger partial charge in [-0.2, -0.15) is 9.61 Å². The molecule has 0 bridgehead atoms. The van der Waals surface area contributed by atoms with Gasteiger partial charge in [0.2, 0.25) is 0 Å². The number of nitrogens with zero attached hydrogens (tertiary/aromatic N) is 4. The van der Waals surface area contributed by atoms with E-state index in [1.165, 1.54) is 6.07 Å². The van der Waals surface area contributed by atoms with Crippen LogP contribution in [0.3, 0.4) is 0 Å². The molecule has 0 saturated heterocycles. The van der Waals surface area contributed by atoms with Crippen LogP contribution < -0.4 is 4.72 Å². The fraction of sp³-hybridized carbons (Fsp3) is 0.105. The standard InChI is InChI=1S/C19H16ClN5O2S/c1-12-6-7-15(20)11-18(12)28(26,27)24-16-5-3-4-14(10-16)17-8-9-19-22-21-13(2)25(19)23-17/h3-11,24H,1-2H3. The molecule has 2 heterocycles. The van der Waals surface area contributed by atoms with Crippen LogP contribution in [0.5, 0.6) is 0 Å². The maximum absolute atomic E-state index is 12.8. The third-order valence-electron chi connectivity index (χ3n) is 4.27. The summed E-state index contributed by atoms with van der Waals surface area (Å²) in [6, 6.07) is 15.4. The van der Waals surface area contributed by atoms with Crippen molar-refractivity contribution in [2.24, 2.45) is 0 Å². The van der Waals surface area contributed by atoms with E-state index >= 15 is 0 Å². The van der Waals surface area contributed by atoms with Crippen LogP contribution >= 0.6 is 11.6 Å². The Kier molecular flexibility index (Phi) is 4.52. The molecule has 0 aliphatic heterocycles. The highest BCUT2D eigenvalue weighted by atomic mass is 35.5. The molecule has 4 aromatic rings. The van der Waals surface area contributed by atoms with Crippen LogP contribution in [-0.4, -0.2) is 28.2 Å². The molecule has 7 nitrogen and oxygen atoms in total. The minimum absolute atomic E-state index is 0.144. The fourth-order valence-electron chi connectivity index (χ4n) is 2.87. The van der Waals surface area contributed by atoms with Crippen molar-refractivity contribution in [1.29, 1.82) is 0 Å². The maximum atomic E-state index is 12.8. The molecule has 2 aromatic carbocycles. The molecular weight excluding hydrogens is 398 g/mol. The summed E-state index contributed by atoms with van der Waals surface area (Å²) in [5, 5.41) is 12.9. The lowest BCUT2D eigenvalue weighted by atomic mass is 10.1. The second-order valence-corrected chi connectivity index (χ2v) is 8.42. The van der Waals surface area contributed by atoms with Gasteiger partial charge in [-0.25, -0.2) is 8.42 Å². The average molecular weight is 414 g/mol. The first-order chi connectivity index (χ1) is 13.3. The predicted molar refractivity (Wildman–Crippen MR) is 108 cm³/mol. The molecule has 28 heavy (non-hydrogen) atoms. The molecule has 1 N–H and O–H groups in total. The van der Waals surface area contributed by atoms with Gasteiger partial charge in [0.15, 0.2) is 11.5 Å². The summed E-state index contributed by atoms with van der Waals surface area (Å²) >= 11 is 5.97. The Hall–Kier alpha value is -2.97. The van der Waals surface area contributed by atoms with Crippen molar-refractivity contribution in [3.05, 3.63) is 71.0 Å². The summed E-state index contributed by atoms with van der Waals surface area (Å²) in [6.07, 6.45) is 0. The normalized spacial score (nSPS) is 11.7. The van der Waals surface area contributed by atoms with Crippen LogP contribution in [-0.2, 0) is 10.0 Å². The van der Waals surface area contributed by atoms with E-state index in [-0.39, 0.29) is 4.90 Å². The minimum atomic E-state index is -3.78. The van der Waals surface area contributed by atoms with Gasteiger partial charge >= 0.3 is 0 Å². The SMILES string of the molecule is Cc1ccc(Cl)cc1S(=O)(=O)Nc1cccc(-c2ccc3nnc(C)n3n2)c1. The molecule has 0 spiro atoms. The Morgan fingerprint density at radius 2 is 1.82 bits per heavy atom. The maximum Gasteiger partial charge on any atom is 0.262 e. The van der Waals surface area contributed by atoms with Gasteiger partial charge in [0.05, 0.1) is 10.6 Å². The molecule has 142 valence electrons. The van der Waals surface area contributed by atoms with Crippen LogP contribution in [0.25, 0.3) is 16.9 Å². The van der Waals surface area contributed by atoms with Gasteiger partial charge in [-0.15, -0.1) is 10.2 Å². The fourth-order valence-corrected chi connectivity index (χ4v) is 4.42. The van der Waals surface area contributed by atoms with E-state index in [1.54, 1.807) is 41.8 Å². The van der Waals surface area contributed by atoms with Crippen LogP contribution in [0.4, 0.5) is 5.69 Å². The van der Waals surface area contributed by atoms with E-state index in [9.17, 15) is 8.42 Å². The highest BCUT2D eigenvalue weighted by Gasteiger charge is 2.18. The van der Waals surface area contributed by atoms with Gasteiger partial charge in [-0.1, -0.05) is 29.8 Å². The van der Waals surface area contributed by atoms with Crippen molar-refractivity contribution >= 4 is 33.0 Å². The third kappa shape index (κ3) is 3.44. The Morgan fingerprint density at radius 1 is 1.00 bits per heavy atom. The topological polar surface area (TPSA) is 89.2 Å². The number of aryl methyl sites for hydroxylation is 2. The molecule has 0 fully saturated rings. The zero-order valence-electron chi connectivity index (χ0n) is 15.1. The predicted octanol–water partition coefficient (Wildman–Crippen LogP) is 3.86. The van der Waals surface area contributed by atoms with Gasteiger partial charge in [0.25, 0.3) is 10.0 Å². The summed E-state index contributed by atoms with van der Waals surface area (Å²) in [5.74, 6) is 0.671. The van der Waals surface area contributed by atoms with Crippen molar-refractivity contribution in [2.75, 3.05) is 4.72 Å². The van der Waals surface area contributed by atoms with Gasteiger partial charge in [0, 0.05) is 16.3 Å². The summed E-state index contributed by atoms with van der Waals surface area (Å²) in [6.45, 7) is 3.54. The number of aromatic nitrogens is 4. The van der Waals surface area contributed by atoms with Crippen molar-refractivity contribution in [2.45, 2.75) is 18.7 Å². The van der Waals surface area contributed by atoms with E-state index in [1.807, 2.05) is 25.1 Å². The second-order valence-electron chi connectivity index (χ2n) is 6.33. The number of benzene rings is 2. The molecule has 4 rings (SSSR count). The van der Waals surface area contributed by atoms with Gasteiger partial charge in [-0.3, -0.25) is 4.72 Å². The molecule has 0 saturated carbocycles. The minimum Gasteiger partial charge on any atom is -0.280 e.